The van der Waals surface area contributed by atoms with Gasteiger partial charge in [-0.1, -0.05) is 0 Å². The molecule has 0 aromatic heterocycles. The monoisotopic (exact) mass is 192 g/mol. The molecule has 4 heteroatoms. The van der Waals surface area contributed by atoms with Crippen LogP contribution in [0.4, 0.5) is 4.39 Å². The molecule has 1 heterocycles. The van der Waals surface area contributed by atoms with Gasteiger partial charge in [-0.2, -0.15) is 0 Å². The van der Waals surface area contributed by atoms with Crippen LogP contribution in [0, 0.1) is 5.92 Å². The first-order valence-electron chi connectivity index (χ1n) is 4.68. The third-order valence-electron chi connectivity index (χ3n) is 2.56. The fourth-order valence-corrected chi connectivity index (χ4v) is 1.65. The van der Waals surface area contributed by atoms with E-state index in [0.717, 1.165) is 12.8 Å². The van der Waals surface area contributed by atoms with E-state index in [1.54, 1.807) is 0 Å². The topological polar surface area (TPSA) is 49.7 Å². The molecule has 0 unspecified atom stereocenters. The molecule has 78 valence electrons. The van der Waals surface area contributed by atoms with Gasteiger partial charge < -0.3 is 14.9 Å². The van der Waals surface area contributed by atoms with Gasteiger partial charge in [0.15, 0.2) is 5.67 Å². The summed E-state index contributed by atoms with van der Waals surface area (Å²) in [6, 6.07) is 0. The molecule has 0 amide bonds. The summed E-state index contributed by atoms with van der Waals surface area (Å²) in [4.78, 5) is 0. The summed E-state index contributed by atoms with van der Waals surface area (Å²) in [5.41, 5.74) is -1.80. The highest BCUT2D eigenvalue weighted by atomic mass is 19.1. The number of halogens is 1. The highest BCUT2D eigenvalue weighted by molar-refractivity contribution is 4.81. The molecule has 1 fully saturated rings. The van der Waals surface area contributed by atoms with Crippen LogP contribution >= 0.6 is 0 Å². The molecule has 0 spiro atoms. The lowest BCUT2D eigenvalue weighted by Gasteiger charge is -2.28. The molecular formula is C9H17FO3. The number of rotatable bonds is 4. The summed E-state index contributed by atoms with van der Waals surface area (Å²) in [6.07, 6.45) is 1.89. The van der Waals surface area contributed by atoms with Crippen LogP contribution in [-0.4, -0.2) is 42.3 Å². The standard InChI is InChI=1S/C9H17FO3/c10-9(6-11,7-12)5-8-1-3-13-4-2-8/h8,11-12H,1-7H2. The fraction of sp³-hybridized carbons (Fsp3) is 1.00. The summed E-state index contributed by atoms with van der Waals surface area (Å²) in [6.45, 7) is 0.136. The number of alkyl halides is 1. The maximum absolute atomic E-state index is 13.5. The zero-order chi connectivity index (χ0) is 9.73. The Kier molecular flexibility index (Phi) is 4.09. The van der Waals surface area contributed by atoms with Crippen LogP contribution in [0.5, 0.6) is 0 Å². The van der Waals surface area contributed by atoms with E-state index < -0.39 is 18.9 Å². The van der Waals surface area contributed by atoms with Crippen LogP contribution in [0.2, 0.25) is 0 Å². The van der Waals surface area contributed by atoms with Crippen molar-refractivity contribution in [1.29, 1.82) is 0 Å². The molecule has 0 bridgehead atoms. The summed E-state index contributed by atoms with van der Waals surface area (Å²) >= 11 is 0. The first-order chi connectivity index (χ1) is 6.20. The minimum absolute atomic E-state index is 0.234. The van der Waals surface area contributed by atoms with E-state index in [1.807, 2.05) is 0 Å². The van der Waals surface area contributed by atoms with Gasteiger partial charge in [0.1, 0.15) is 0 Å². The second-order valence-electron chi connectivity index (χ2n) is 3.73. The number of hydrogen-bond donors (Lipinski definition) is 2. The summed E-state index contributed by atoms with van der Waals surface area (Å²) in [5.74, 6) is 0.234. The van der Waals surface area contributed by atoms with Crippen molar-refractivity contribution in [1.82, 2.24) is 0 Å². The lowest BCUT2D eigenvalue weighted by Crippen LogP contribution is -2.36. The smallest absolute Gasteiger partial charge is 0.157 e. The van der Waals surface area contributed by atoms with Gasteiger partial charge in [0, 0.05) is 13.2 Å². The van der Waals surface area contributed by atoms with E-state index in [2.05, 4.69) is 0 Å². The molecule has 1 aliphatic heterocycles. The van der Waals surface area contributed by atoms with E-state index in [-0.39, 0.29) is 12.3 Å². The largest absolute Gasteiger partial charge is 0.393 e. The summed E-state index contributed by atoms with van der Waals surface area (Å²) in [5, 5.41) is 17.5. The van der Waals surface area contributed by atoms with Gasteiger partial charge in [-0.05, 0) is 25.2 Å². The Morgan fingerprint density at radius 3 is 2.23 bits per heavy atom. The van der Waals surface area contributed by atoms with Gasteiger partial charge in [-0.3, -0.25) is 0 Å². The SMILES string of the molecule is OCC(F)(CO)CC1CCOCC1. The summed E-state index contributed by atoms with van der Waals surface area (Å²) in [7, 11) is 0. The Morgan fingerprint density at radius 2 is 1.77 bits per heavy atom. The zero-order valence-corrected chi connectivity index (χ0v) is 7.71. The molecule has 0 radical (unpaired) electrons. The predicted octanol–water partition coefficient (Wildman–Crippen LogP) is 0.496. The molecule has 0 saturated carbocycles. The second-order valence-corrected chi connectivity index (χ2v) is 3.73. The van der Waals surface area contributed by atoms with E-state index in [9.17, 15) is 4.39 Å². The normalized spacial score (nSPS) is 20.5. The third kappa shape index (κ3) is 3.21. The first kappa shape index (κ1) is 10.9. The molecule has 1 rings (SSSR count). The van der Waals surface area contributed by atoms with Gasteiger partial charge in [-0.15, -0.1) is 0 Å². The molecular weight excluding hydrogens is 175 g/mol. The van der Waals surface area contributed by atoms with E-state index in [1.165, 1.54) is 0 Å². The molecule has 3 nitrogen and oxygen atoms in total. The fourth-order valence-electron chi connectivity index (χ4n) is 1.65. The lowest BCUT2D eigenvalue weighted by molar-refractivity contribution is -0.0214. The quantitative estimate of drug-likeness (QED) is 0.681. The van der Waals surface area contributed by atoms with Gasteiger partial charge in [0.2, 0.25) is 0 Å². The van der Waals surface area contributed by atoms with Gasteiger partial charge in [0.05, 0.1) is 13.2 Å². The van der Waals surface area contributed by atoms with Crippen LogP contribution in [0.1, 0.15) is 19.3 Å². The maximum Gasteiger partial charge on any atom is 0.157 e. The van der Waals surface area contributed by atoms with Crippen molar-refractivity contribution >= 4 is 0 Å². The third-order valence-corrected chi connectivity index (χ3v) is 2.56. The van der Waals surface area contributed by atoms with Gasteiger partial charge in [-0.25, -0.2) is 4.39 Å². The molecule has 0 atom stereocenters. The minimum atomic E-state index is -1.80. The molecule has 0 aromatic rings. The van der Waals surface area contributed by atoms with Crippen molar-refractivity contribution in [3.05, 3.63) is 0 Å². The zero-order valence-electron chi connectivity index (χ0n) is 7.71. The van der Waals surface area contributed by atoms with E-state index in [4.69, 9.17) is 14.9 Å². The lowest BCUT2D eigenvalue weighted by atomic mass is 9.88. The Hall–Kier alpha value is -0.190. The minimum Gasteiger partial charge on any atom is -0.393 e. The Morgan fingerprint density at radius 1 is 1.23 bits per heavy atom. The van der Waals surface area contributed by atoms with Crippen molar-refractivity contribution in [3.63, 3.8) is 0 Å². The molecule has 1 aliphatic rings. The van der Waals surface area contributed by atoms with Crippen LogP contribution in [0.15, 0.2) is 0 Å². The van der Waals surface area contributed by atoms with E-state index in [0.29, 0.717) is 13.2 Å². The average Bonchev–Trinajstić information content (AvgIpc) is 2.19. The highest BCUT2D eigenvalue weighted by Crippen LogP contribution is 2.27. The molecule has 13 heavy (non-hydrogen) atoms. The van der Waals surface area contributed by atoms with Crippen LogP contribution in [0.3, 0.4) is 0 Å². The molecule has 2 N–H and O–H groups in total. The van der Waals surface area contributed by atoms with Crippen molar-refractivity contribution < 1.29 is 19.3 Å². The number of hydrogen-bond acceptors (Lipinski definition) is 3. The van der Waals surface area contributed by atoms with Gasteiger partial charge >= 0.3 is 0 Å². The van der Waals surface area contributed by atoms with Crippen LogP contribution in [0.25, 0.3) is 0 Å². The van der Waals surface area contributed by atoms with Crippen molar-refractivity contribution in [3.8, 4) is 0 Å². The van der Waals surface area contributed by atoms with Crippen molar-refractivity contribution in [2.75, 3.05) is 26.4 Å². The highest BCUT2D eigenvalue weighted by Gasteiger charge is 2.32. The van der Waals surface area contributed by atoms with E-state index >= 15 is 0 Å². The van der Waals surface area contributed by atoms with Crippen LogP contribution in [-0.2, 0) is 4.74 Å². The van der Waals surface area contributed by atoms with Crippen LogP contribution < -0.4 is 0 Å². The average molecular weight is 192 g/mol. The Labute approximate surface area is 77.5 Å². The number of aliphatic hydroxyl groups excluding tert-OH is 2. The predicted molar refractivity (Wildman–Crippen MR) is 46.2 cm³/mol. The van der Waals surface area contributed by atoms with Gasteiger partial charge in [0.25, 0.3) is 0 Å². The molecule has 0 aliphatic carbocycles. The van der Waals surface area contributed by atoms with Crippen molar-refractivity contribution in [2.45, 2.75) is 24.9 Å². The first-order valence-corrected chi connectivity index (χ1v) is 4.68. The number of aliphatic hydroxyl groups is 2. The molecule has 1 saturated heterocycles. The second kappa shape index (κ2) is 4.88. The summed E-state index contributed by atoms with van der Waals surface area (Å²) < 4.78 is 18.6. The Bertz CT molecular complexity index is 142. The Balaban J connectivity index is 2.35. The van der Waals surface area contributed by atoms with Crippen molar-refractivity contribution in [2.24, 2.45) is 5.92 Å². The maximum atomic E-state index is 13.5. The molecule has 0 aromatic carbocycles. The number of ether oxygens (including phenoxy) is 1.